The molecule has 1 aromatic heterocycles. The fourth-order valence-electron chi connectivity index (χ4n) is 2.40. The van der Waals surface area contributed by atoms with Crippen LogP contribution in [-0.4, -0.2) is 17.3 Å². The molecule has 0 atom stereocenters. The van der Waals surface area contributed by atoms with E-state index in [9.17, 15) is 0 Å². The second-order valence-corrected chi connectivity index (χ2v) is 5.21. The number of rotatable bonds is 4. The Morgan fingerprint density at radius 2 is 1.77 bits per heavy atom. The molecule has 0 unspecified atom stereocenters. The largest absolute Gasteiger partial charge is 0.497 e. The molecule has 0 aliphatic heterocycles. The van der Waals surface area contributed by atoms with E-state index < -0.39 is 0 Å². The van der Waals surface area contributed by atoms with E-state index in [1.54, 1.807) is 7.11 Å². The molecule has 0 saturated heterocycles. The Kier molecular flexibility index (Phi) is 3.92. The maximum absolute atomic E-state index is 5.83. The summed E-state index contributed by atoms with van der Waals surface area (Å²) in [5.74, 6) is 1.80. The lowest BCUT2D eigenvalue weighted by atomic mass is 10.0. The molecule has 4 heteroatoms. The van der Waals surface area contributed by atoms with Crippen molar-refractivity contribution < 1.29 is 9.15 Å². The Bertz CT molecular complexity index is 793. The minimum absolute atomic E-state index is 0.494. The summed E-state index contributed by atoms with van der Waals surface area (Å²) < 4.78 is 11.1. The molecule has 2 aromatic carbocycles. The van der Waals surface area contributed by atoms with Crippen molar-refractivity contribution in [2.75, 3.05) is 7.11 Å². The van der Waals surface area contributed by atoms with Gasteiger partial charge < -0.3 is 9.15 Å². The van der Waals surface area contributed by atoms with Gasteiger partial charge in [-0.2, -0.15) is 0 Å². The van der Waals surface area contributed by atoms with Gasteiger partial charge >= 0.3 is 0 Å². The highest BCUT2D eigenvalue weighted by atomic mass is 16.5. The maximum atomic E-state index is 5.83. The van der Waals surface area contributed by atoms with Gasteiger partial charge in [0.15, 0.2) is 0 Å². The maximum Gasteiger partial charge on any atom is 0.248 e. The summed E-state index contributed by atoms with van der Waals surface area (Å²) >= 11 is 0. The average Bonchev–Trinajstić information content (AvgIpc) is 3.04. The summed E-state index contributed by atoms with van der Waals surface area (Å²) in [5.41, 5.74) is 4.26. The number of hydrogen-bond acceptors (Lipinski definition) is 4. The number of hydrogen-bond donors (Lipinski definition) is 0. The third-order valence-electron chi connectivity index (χ3n) is 3.53. The zero-order valence-electron chi connectivity index (χ0n) is 13.0. The van der Waals surface area contributed by atoms with Crippen molar-refractivity contribution in [1.82, 2.24) is 10.2 Å². The lowest BCUT2D eigenvalue weighted by molar-refractivity contribution is 0.415. The van der Waals surface area contributed by atoms with Gasteiger partial charge in [0, 0.05) is 11.1 Å². The quantitative estimate of drug-likeness (QED) is 0.720. The molecule has 0 N–H and O–H groups in total. The number of aryl methyl sites for hydroxylation is 2. The zero-order valence-corrected chi connectivity index (χ0v) is 13.0. The average molecular weight is 294 g/mol. The van der Waals surface area contributed by atoms with Gasteiger partial charge in [-0.1, -0.05) is 24.6 Å². The van der Waals surface area contributed by atoms with Gasteiger partial charge in [-0.25, -0.2) is 0 Å². The Morgan fingerprint density at radius 3 is 2.50 bits per heavy atom. The third kappa shape index (κ3) is 2.86. The Balaban J connectivity index is 1.98. The molecule has 4 nitrogen and oxygen atoms in total. The fourth-order valence-corrected chi connectivity index (χ4v) is 2.40. The number of nitrogens with zero attached hydrogens (tertiary/aromatic N) is 2. The van der Waals surface area contributed by atoms with Crippen LogP contribution in [0.4, 0.5) is 0 Å². The second kappa shape index (κ2) is 6.02. The summed E-state index contributed by atoms with van der Waals surface area (Å²) in [4.78, 5) is 0. The molecule has 112 valence electrons. The van der Waals surface area contributed by atoms with Crippen molar-refractivity contribution in [3.05, 3.63) is 53.6 Å². The van der Waals surface area contributed by atoms with E-state index in [1.807, 2.05) is 24.3 Å². The third-order valence-corrected chi connectivity index (χ3v) is 3.53. The molecule has 0 bridgehead atoms. The van der Waals surface area contributed by atoms with Crippen molar-refractivity contribution >= 4 is 0 Å². The van der Waals surface area contributed by atoms with E-state index in [0.717, 1.165) is 23.3 Å². The monoisotopic (exact) mass is 294 g/mol. The highest BCUT2D eigenvalue weighted by molar-refractivity contribution is 5.60. The van der Waals surface area contributed by atoms with Crippen LogP contribution in [0, 0.1) is 6.92 Å². The van der Waals surface area contributed by atoms with Crippen molar-refractivity contribution in [3.63, 3.8) is 0 Å². The van der Waals surface area contributed by atoms with E-state index in [-0.39, 0.29) is 0 Å². The molecule has 3 aromatic rings. The van der Waals surface area contributed by atoms with E-state index >= 15 is 0 Å². The molecule has 0 radical (unpaired) electrons. The molecule has 0 aliphatic carbocycles. The fraction of sp³-hybridized carbons (Fsp3) is 0.222. The number of methoxy groups -OCH3 is 1. The van der Waals surface area contributed by atoms with Crippen LogP contribution in [0.3, 0.4) is 0 Å². The van der Waals surface area contributed by atoms with Gasteiger partial charge in [0.2, 0.25) is 11.8 Å². The van der Waals surface area contributed by atoms with Gasteiger partial charge in [0.25, 0.3) is 0 Å². The van der Waals surface area contributed by atoms with Crippen molar-refractivity contribution in [2.45, 2.75) is 20.3 Å². The molecule has 0 amide bonds. The summed E-state index contributed by atoms with van der Waals surface area (Å²) in [7, 11) is 1.64. The lowest BCUT2D eigenvalue weighted by Gasteiger charge is -2.03. The summed E-state index contributed by atoms with van der Waals surface area (Å²) in [6, 6.07) is 13.9. The van der Waals surface area contributed by atoms with E-state index in [0.29, 0.717) is 11.8 Å². The highest BCUT2D eigenvalue weighted by Gasteiger charge is 2.12. The molecule has 0 fully saturated rings. The summed E-state index contributed by atoms with van der Waals surface area (Å²) in [5, 5.41) is 8.33. The first-order valence-electron chi connectivity index (χ1n) is 7.28. The molecule has 0 aliphatic rings. The first kappa shape index (κ1) is 14.3. The normalized spacial score (nSPS) is 10.7. The minimum atomic E-state index is 0.494. The zero-order chi connectivity index (χ0) is 15.5. The summed E-state index contributed by atoms with van der Waals surface area (Å²) in [6.07, 6.45) is 0.978. The Labute approximate surface area is 129 Å². The molecular formula is C18H18N2O2. The molecular weight excluding hydrogens is 276 g/mol. The smallest absolute Gasteiger partial charge is 0.248 e. The van der Waals surface area contributed by atoms with Crippen LogP contribution >= 0.6 is 0 Å². The van der Waals surface area contributed by atoms with Crippen LogP contribution in [0.1, 0.15) is 18.1 Å². The first-order chi connectivity index (χ1) is 10.7. The van der Waals surface area contributed by atoms with Gasteiger partial charge in [0.05, 0.1) is 7.11 Å². The Morgan fingerprint density at radius 1 is 1.00 bits per heavy atom. The molecule has 1 heterocycles. The number of benzene rings is 2. The number of ether oxygens (including phenoxy) is 1. The van der Waals surface area contributed by atoms with E-state index in [4.69, 9.17) is 9.15 Å². The molecule has 0 saturated carbocycles. The highest BCUT2D eigenvalue weighted by Crippen LogP contribution is 2.27. The lowest BCUT2D eigenvalue weighted by Crippen LogP contribution is -1.86. The van der Waals surface area contributed by atoms with Crippen LogP contribution in [0.25, 0.3) is 22.9 Å². The molecule has 3 rings (SSSR count). The Hall–Kier alpha value is -2.62. The topological polar surface area (TPSA) is 48.2 Å². The van der Waals surface area contributed by atoms with Crippen LogP contribution in [-0.2, 0) is 6.42 Å². The predicted molar refractivity (Wildman–Crippen MR) is 85.8 cm³/mol. The van der Waals surface area contributed by atoms with Gasteiger partial charge in [-0.05, 0) is 49.2 Å². The van der Waals surface area contributed by atoms with Crippen molar-refractivity contribution in [1.29, 1.82) is 0 Å². The summed E-state index contributed by atoms with van der Waals surface area (Å²) in [6.45, 7) is 4.20. The first-order valence-corrected chi connectivity index (χ1v) is 7.28. The minimum Gasteiger partial charge on any atom is -0.497 e. The SMILES string of the molecule is CCc1cc(C)cc(-c2nnc(-c3cccc(OC)c3)o2)c1. The van der Waals surface area contributed by atoms with E-state index in [2.05, 4.69) is 42.2 Å². The standard InChI is InChI=1S/C18H18N2O2/c1-4-13-8-12(2)9-15(10-13)18-20-19-17(22-18)14-6-5-7-16(11-14)21-3/h5-11H,4H2,1-3H3. The van der Waals surface area contributed by atoms with Gasteiger partial charge in [-0.3, -0.25) is 0 Å². The van der Waals surface area contributed by atoms with E-state index in [1.165, 1.54) is 11.1 Å². The van der Waals surface area contributed by atoms with Crippen LogP contribution < -0.4 is 4.74 Å². The van der Waals surface area contributed by atoms with Crippen LogP contribution in [0.15, 0.2) is 46.9 Å². The van der Waals surface area contributed by atoms with Crippen molar-refractivity contribution in [3.8, 4) is 28.7 Å². The molecule has 22 heavy (non-hydrogen) atoms. The number of aromatic nitrogens is 2. The van der Waals surface area contributed by atoms with Crippen molar-refractivity contribution in [2.24, 2.45) is 0 Å². The predicted octanol–water partition coefficient (Wildman–Crippen LogP) is 4.28. The van der Waals surface area contributed by atoms with Gasteiger partial charge in [-0.15, -0.1) is 10.2 Å². The molecule has 0 spiro atoms. The van der Waals surface area contributed by atoms with Gasteiger partial charge in [0.1, 0.15) is 5.75 Å². The van der Waals surface area contributed by atoms with Crippen LogP contribution in [0.2, 0.25) is 0 Å². The second-order valence-electron chi connectivity index (χ2n) is 5.21. The van der Waals surface area contributed by atoms with Crippen LogP contribution in [0.5, 0.6) is 5.75 Å².